The molecule has 6 aromatic carbocycles. The summed E-state index contributed by atoms with van der Waals surface area (Å²) in [5.74, 6) is 2.40. The van der Waals surface area contributed by atoms with Crippen LogP contribution in [0.25, 0.3) is 99.1 Å². The summed E-state index contributed by atoms with van der Waals surface area (Å²) in [6, 6.07) is 50.9. The van der Waals surface area contributed by atoms with Crippen LogP contribution in [0.4, 0.5) is 0 Å². The molecule has 0 N–H and O–H groups in total. The SMILES string of the molecule is c1ccc(-c2nc(-c3ccccc3)nc(-c3cccc4oc5cccc(-c6nc(-c7ccccc7)c7sc8ccccc8c7n6)c5c34)n2)cc1. The van der Waals surface area contributed by atoms with Gasteiger partial charge in [-0.1, -0.05) is 133 Å². The molecule has 0 unspecified atom stereocenters. The number of hydrogen-bond donors (Lipinski definition) is 0. The zero-order valence-electron chi connectivity index (χ0n) is 26.5. The van der Waals surface area contributed by atoms with Crippen LogP contribution in [-0.4, -0.2) is 24.9 Å². The zero-order valence-corrected chi connectivity index (χ0v) is 27.3. The van der Waals surface area contributed by atoms with Crippen molar-refractivity contribution < 1.29 is 4.42 Å². The van der Waals surface area contributed by atoms with Gasteiger partial charge in [-0.25, -0.2) is 24.9 Å². The van der Waals surface area contributed by atoms with Gasteiger partial charge in [0.05, 0.1) is 15.9 Å². The van der Waals surface area contributed by atoms with Crippen molar-refractivity contribution in [2.75, 3.05) is 0 Å². The molecule has 10 aromatic rings. The van der Waals surface area contributed by atoms with Crippen LogP contribution < -0.4 is 0 Å². The van der Waals surface area contributed by atoms with Crippen molar-refractivity contribution in [2.45, 2.75) is 0 Å². The smallest absolute Gasteiger partial charge is 0.164 e. The van der Waals surface area contributed by atoms with Crippen LogP contribution in [0.15, 0.2) is 156 Å². The quantitative estimate of drug-likeness (QED) is 0.183. The molecule has 0 fully saturated rings. The molecule has 0 spiro atoms. The third-order valence-corrected chi connectivity index (χ3v) is 10.1. The molecule has 4 aromatic heterocycles. The lowest BCUT2D eigenvalue weighted by Gasteiger charge is -2.10. The van der Waals surface area contributed by atoms with Crippen molar-refractivity contribution in [3.8, 4) is 56.8 Å². The fourth-order valence-electron chi connectivity index (χ4n) is 6.67. The predicted molar refractivity (Wildman–Crippen MR) is 203 cm³/mol. The summed E-state index contributed by atoms with van der Waals surface area (Å²) in [6.07, 6.45) is 0. The minimum Gasteiger partial charge on any atom is -0.456 e. The van der Waals surface area contributed by atoms with E-state index in [-0.39, 0.29) is 0 Å². The second-order valence-corrected chi connectivity index (χ2v) is 13.1. The van der Waals surface area contributed by atoms with Crippen LogP contribution in [0.3, 0.4) is 0 Å². The summed E-state index contributed by atoms with van der Waals surface area (Å²) in [7, 11) is 0. The third-order valence-electron chi connectivity index (χ3n) is 8.97. The Balaban J connectivity index is 1.26. The second kappa shape index (κ2) is 11.5. The standard InChI is InChI=1S/C43H25N5OS/c1-4-14-26(15-5-1)37-39-38(29-20-10-11-25-34(29)50-39)45-42(44-37)30-21-12-23-32-35(30)36-31(22-13-24-33(36)49-32)43-47-40(27-16-6-2-7-17-27)46-41(48-43)28-18-8-3-9-19-28/h1-25H. The maximum absolute atomic E-state index is 6.54. The molecule has 0 saturated heterocycles. The van der Waals surface area contributed by atoms with Gasteiger partial charge in [-0.2, -0.15) is 0 Å². The van der Waals surface area contributed by atoms with Gasteiger partial charge < -0.3 is 4.42 Å². The first-order chi connectivity index (χ1) is 24.8. The molecule has 0 aliphatic rings. The van der Waals surface area contributed by atoms with E-state index in [0.29, 0.717) is 23.3 Å². The van der Waals surface area contributed by atoms with Gasteiger partial charge in [-0.15, -0.1) is 11.3 Å². The molecular weight excluding hydrogens is 635 g/mol. The Morgan fingerprint density at radius 1 is 0.400 bits per heavy atom. The van der Waals surface area contributed by atoms with Crippen molar-refractivity contribution in [2.24, 2.45) is 0 Å². The van der Waals surface area contributed by atoms with Gasteiger partial charge >= 0.3 is 0 Å². The number of furan rings is 1. The molecule has 0 aliphatic carbocycles. The number of nitrogens with zero attached hydrogens (tertiary/aromatic N) is 5. The number of fused-ring (bicyclic) bond motifs is 6. The molecule has 0 bridgehead atoms. The lowest BCUT2D eigenvalue weighted by atomic mass is 10.0. The first-order valence-corrected chi connectivity index (χ1v) is 17.2. The Morgan fingerprint density at radius 2 is 0.900 bits per heavy atom. The number of rotatable bonds is 5. The number of aromatic nitrogens is 5. The summed E-state index contributed by atoms with van der Waals surface area (Å²) >= 11 is 1.73. The van der Waals surface area contributed by atoms with Crippen LogP contribution in [0.2, 0.25) is 0 Å². The van der Waals surface area contributed by atoms with Gasteiger partial charge in [0.15, 0.2) is 23.3 Å². The second-order valence-electron chi connectivity index (χ2n) is 12.0. The van der Waals surface area contributed by atoms with E-state index in [0.717, 1.165) is 71.1 Å². The Hall–Kier alpha value is -6.57. The van der Waals surface area contributed by atoms with Crippen molar-refractivity contribution in [3.05, 3.63) is 152 Å². The molecule has 10 rings (SSSR count). The van der Waals surface area contributed by atoms with E-state index in [4.69, 9.17) is 29.3 Å². The molecule has 4 heterocycles. The van der Waals surface area contributed by atoms with E-state index in [1.165, 1.54) is 4.70 Å². The number of hydrogen-bond acceptors (Lipinski definition) is 7. The van der Waals surface area contributed by atoms with E-state index in [1.54, 1.807) is 11.3 Å². The average molecular weight is 660 g/mol. The molecule has 6 nitrogen and oxygen atoms in total. The summed E-state index contributed by atoms with van der Waals surface area (Å²) < 4.78 is 8.79. The van der Waals surface area contributed by atoms with Crippen molar-refractivity contribution in [3.63, 3.8) is 0 Å². The minimum atomic E-state index is 0.561. The zero-order chi connectivity index (χ0) is 33.0. The van der Waals surface area contributed by atoms with E-state index >= 15 is 0 Å². The normalized spacial score (nSPS) is 11.6. The largest absolute Gasteiger partial charge is 0.456 e. The van der Waals surface area contributed by atoms with Gasteiger partial charge in [0, 0.05) is 48.7 Å². The van der Waals surface area contributed by atoms with Crippen molar-refractivity contribution in [1.82, 2.24) is 24.9 Å². The molecule has 0 amide bonds. The molecule has 0 aliphatic heterocycles. The molecule has 0 radical (unpaired) electrons. The summed E-state index contributed by atoms with van der Waals surface area (Å²) in [5.41, 5.74) is 7.92. The molecule has 7 heteroatoms. The summed E-state index contributed by atoms with van der Waals surface area (Å²) in [5, 5.41) is 2.94. The topological polar surface area (TPSA) is 77.6 Å². The molecule has 0 atom stereocenters. The highest BCUT2D eigenvalue weighted by Crippen LogP contribution is 2.43. The van der Waals surface area contributed by atoms with Gasteiger partial charge in [-0.05, 0) is 18.2 Å². The highest BCUT2D eigenvalue weighted by molar-refractivity contribution is 7.26. The fraction of sp³-hybridized carbons (Fsp3) is 0. The van der Waals surface area contributed by atoms with Crippen LogP contribution >= 0.6 is 11.3 Å². The predicted octanol–water partition coefficient (Wildman–Crippen LogP) is 11.3. The maximum atomic E-state index is 6.54. The Morgan fingerprint density at radius 3 is 1.50 bits per heavy atom. The van der Waals surface area contributed by atoms with Crippen molar-refractivity contribution in [1.29, 1.82) is 0 Å². The van der Waals surface area contributed by atoms with Crippen LogP contribution in [-0.2, 0) is 0 Å². The molecular formula is C43H25N5OS. The number of benzene rings is 6. The lowest BCUT2D eigenvalue weighted by Crippen LogP contribution is -2.00. The van der Waals surface area contributed by atoms with E-state index in [1.807, 2.05) is 91.0 Å². The lowest BCUT2D eigenvalue weighted by molar-refractivity contribution is 0.669. The van der Waals surface area contributed by atoms with Crippen LogP contribution in [0.5, 0.6) is 0 Å². The fourth-order valence-corrected chi connectivity index (χ4v) is 7.82. The Kier molecular flexibility index (Phi) is 6.57. The van der Waals surface area contributed by atoms with E-state index in [9.17, 15) is 0 Å². The van der Waals surface area contributed by atoms with Crippen molar-refractivity contribution >= 4 is 53.6 Å². The van der Waals surface area contributed by atoms with E-state index in [2.05, 4.69) is 60.7 Å². The minimum absolute atomic E-state index is 0.561. The van der Waals surface area contributed by atoms with Crippen LogP contribution in [0.1, 0.15) is 0 Å². The van der Waals surface area contributed by atoms with Crippen LogP contribution in [0, 0.1) is 0 Å². The van der Waals surface area contributed by atoms with Gasteiger partial charge in [0.1, 0.15) is 11.2 Å². The summed E-state index contributed by atoms with van der Waals surface area (Å²) in [6.45, 7) is 0. The monoisotopic (exact) mass is 659 g/mol. The first-order valence-electron chi connectivity index (χ1n) is 16.3. The number of thiophene rings is 1. The molecule has 234 valence electrons. The highest BCUT2D eigenvalue weighted by atomic mass is 32.1. The Labute approximate surface area is 290 Å². The highest BCUT2D eigenvalue weighted by Gasteiger charge is 2.23. The molecule has 50 heavy (non-hydrogen) atoms. The average Bonchev–Trinajstić information content (AvgIpc) is 3.77. The van der Waals surface area contributed by atoms with Gasteiger partial charge in [-0.3, -0.25) is 0 Å². The first kappa shape index (κ1) is 28.4. The van der Waals surface area contributed by atoms with Gasteiger partial charge in [0.2, 0.25) is 0 Å². The van der Waals surface area contributed by atoms with Gasteiger partial charge in [0.25, 0.3) is 0 Å². The molecule has 0 saturated carbocycles. The Bertz CT molecular complexity index is 2810. The van der Waals surface area contributed by atoms with E-state index < -0.39 is 0 Å². The maximum Gasteiger partial charge on any atom is 0.164 e. The summed E-state index contributed by atoms with van der Waals surface area (Å²) in [4.78, 5) is 25.6. The third kappa shape index (κ3) is 4.67.